The van der Waals surface area contributed by atoms with Gasteiger partial charge in [0.25, 0.3) is 0 Å². The van der Waals surface area contributed by atoms with Gasteiger partial charge < -0.3 is 24.6 Å². The highest BCUT2D eigenvalue weighted by Crippen LogP contribution is 2.38. The number of piperazine rings is 1. The third kappa shape index (κ3) is 7.37. The van der Waals surface area contributed by atoms with E-state index in [0.717, 1.165) is 34.9 Å². The summed E-state index contributed by atoms with van der Waals surface area (Å²) >= 11 is 0. The van der Waals surface area contributed by atoms with Crippen molar-refractivity contribution < 1.29 is 38.1 Å². The number of phosphoric ester groups is 1. The van der Waals surface area contributed by atoms with Crippen LogP contribution in [0.5, 0.6) is 5.75 Å². The zero-order chi connectivity index (χ0) is 36.6. The molecule has 15 heteroatoms. The maximum absolute atomic E-state index is 14.5. The van der Waals surface area contributed by atoms with Crippen LogP contribution < -0.4 is 9.84 Å². The molecule has 3 aromatic carbocycles. The van der Waals surface area contributed by atoms with Gasteiger partial charge in [-0.15, -0.1) is 6.58 Å². The minimum atomic E-state index is -4.78. The zero-order valence-electron chi connectivity index (χ0n) is 28.3. The molecule has 3 aliphatic rings. The van der Waals surface area contributed by atoms with E-state index >= 15 is 0 Å². The largest absolute Gasteiger partial charge is 0.524 e. The second kappa shape index (κ2) is 14.4. The molecule has 0 radical (unpaired) electrons. The topological polar surface area (TPSA) is 176 Å². The number of Topliss-reactive ketones (excluding diaryl/α,β-unsaturated/α-hetero) is 1. The van der Waals surface area contributed by atoms with Gasteiger partial charge in [-0.25, -0.2) is 19.4 Å². The highest BCUT2D eigenvalue weighted by Gasteiger charge is 2.51. The van der Waals surface area contributed by atoms with Crippen LogP contribution in [-0.4, -0.2) is 90.1 Å². The molecular formula is C37H39N6O8P. The van der Waals surface area contributed by atoms with Gasteiger partial charge in [0.2, 0.25) is 11.8 Å². The van der Waals surface area contributed by atoms with Gasteiger partial charge in [0.05, 0.1) is 18.6 Å². The Bertz CT molecular complexity index is 2060. The molecule has 3 fully saturated rings. The Morgan fingerprint density at radius 2 is 1.75 bits per heavy atom. The number of carbonyl (C=O) groups excluding carboxylic acids is 4. The van der Waals surface area contributed by atoms with Crippen LogP contribution in [0.1, 0.15) is 39.9 Å². The van der Waals surface area contributed by atoms with E-state index in [1.807, 2.05) is 48.5 Å². The molecule has 52 heavy (non-hydrogen) atoms. The molecule has 1 aliphatic carbocycles. The van der Waals surface area contributed by atoms with E-state index in [1.54, 1.807) is 34.3 Å². The SMILES string of the molecule is C=CCN1CC(=O)N2[C@@H](Cc3ccc(OP(=O)(O)O)cc3)C(=O)N(Cc3cccc4c(C(=O)C5CC5)c[nH]c34)C[C@@H]2N1C(=O)NCc1ccccc1. The lowest BCUT2D eigenvalue weighted by Crippen LogP contribution is -2.76. The maximum atomic E-state index is 14.5. The Labute approximate surface area is 299 Å². The van der Waals surface area contributed by atoms with Crippen molar-refractivity contribution >= 4 is 42.4 Å². The molecular weight excluding hydrogens is 687 g/mol. The van der Waals surface area contributed by atoms with Crippen LogP contribution in [0.4, 0.5) is 4.79 Å². The first kappa shape index (κ1) is 35.1. The lowest BCUT2D eigenvalue weighted by atomic mass is 9.98. The number of aromatic amines is 1. The Hall–Kier alpha value is -5.27. The molecule has 14 nitrogen and oxygen atoms in total. The monoisotopic (exact) mass is 726 g/mol. The predicted molar refractivity (Wildman–Crippen MR) is 190 cm³/mol. The van der Waals surface area contributed by atoms with Crippen molar-refractivity contribution in [3.05, 3.63) is 114 Å². The minimum absolute atomic E-state index is 0.00743. The van der Waals surface area contributed by atoms with Crippen molar-refractivity contribution in [3.8, 4) is 5.75 Å². The van der Waals surface area contributed by atoms with Gasteiger partial charge in [-0.05, 0) is 41.7 Å². The number of nitrogens with one attached hydrogen (secondary N) is 2. The van der Waals surface area contributed by atoms with Crippen LogP contribution in [0.3, 0.4) is 0 Å². The number of benzene rings is 3. The fraction of sp³-hybridized carbons (Fsp3) is 0.297. The number of hydrogen-bond donors (Lipinski definition) is 4. The number of fused-ring (bicyclic) bond motifs is 2. The second-order valence-corrected chi connectivity index (χ2v) is 14.4. The van der Waals surface area contributed by atoms with E-state index in [2.05, 4.69) is 16.9 Å². The van der Waals surface area contributed by atoms with E-state index in [-0.39, 0.29) is 68.4 Å². The quantitative estimate of drug-likeness (QED) is 0.0957. The number of hydrazine groups is 1. The average Bonchev–Trinajstić information content (AvgIpc) is 3.88. The van der Waals surface area contributed by atoms with E-state index in [0.29, 0.717) is 11.1 Å². The van der Waals surface area contributed by atoms with E-state index in [1.165, 1.54) is 22.0 Å². The average molecular weight is 727 g/mol. The molecule has 1 aromatic heterocycles. The molecule has 4 aromatic rings. The molecule has 4 amide bonds. The maximum Gasteiger partial charge on any atom is 0.524 e. The fourth-order valence-corrected chi connectivity index (χ4v) is 7.47. The zero-order valence-corrected chi connectivity index (χ0v) is 29.2. The number of para-hydroxylation sites is 1. The summed E-state index contributed by atoms with van der Waals surface area (Å²) in [6, 6.07) is 19.5. The van der Waals surface area contributed by atoms with Crippen molar-refractivity contribution in [2.75, 3.05) is 19.6 Å². The van der Waals surface area contributed by atoms with Gasteiger partial charge in [0.15, 0.2) is 5.78 Å². The highest BCUT2D eigenvalue weighted by molar-refractivity contribution is 7.46. The number of carbonyl (C=O) groups is 4. The van der Waals surface area contributed by atoms with Gasteiger partial charge in [-0.1, -0.05) is 66.7 Å². The Morgan fingerprint density at radius 1 is 1.00 bits per heavy atom. The van der Waals surface area contributed by atoms with Gasteiger partial charge in [0.1, 0.15) is 18.0 Å². The number of urea groups is 1. The van der Waals surface area contributed by atoms with E-state index in [4.69, 9.17) is 4.52 Å². The first-order valence-electron chi connectivity index (χ1n) is 17.0. The summed E-state index contributed by atoms with van der Waals surface area (Å²) in [6.45, 7) is 4.26. The molecule has 0 spiro atoms. The number of aromatic nitrogens is 1. The molecule has 270 valence electrons. The Morgan fingerprint density at radius 3 is 2.44 bits per heavy atom. The third-order valence-corrected chi connectivity index (χ3v) is 10.1. The summed E-state index contributed by atoms with van der Waals surface area (Å²) in [4.78, 5) is 80.4. The summed E-state index contributed by atoms with van der Waals surface area (Å²) in [5.74, 6) is -0.587. The van der Waals surface area contributed by atoms with Crippen LogP contribution in [-0.2, 0) is 33.7 Å². The minimum Gasteiger partial charge on any atom is -0.404 e. The lowest BCUT2D eigenvalue weighted by Gasteiger charge is -2.55. The highest BCUT2D eigenvalue weighted by atomic mass is 31.2. The van der Waals surface area contributed by atoms with Crippen molar-refractivity contribution in [1.29, 1.82) is 0 Å². The molecule has 2 saturated heterocycles. The van der Waals surface area contributed by atoms with Crippen LogP contribution in [0.2, 0.25) is 0 Å². The number of rotatable bonds is 12. The second-order valence-electron chi connectivity index (χ2n) is 13.3. The summed E-state index contributed by atoms with van der Waals surface area (Å²) in [5.41, 5.74) is 3.63. The predicted octanol–water partition coefficient (Wildman–Crippen LogP) is 3.97. The molecule has 4 N–H and O–H groups in total. The number of phosphoric acid groups is 1. The van der Waals surface area contributed by atoms with Crippen molar-refractivity contribution in [2.24, 2.45) is 5.92 Å². The summed E-state index contributed by atoms with van der Waals surface area (Å²) in [7, 11) is -4.78. The van der Waals surface area contributed by atoms with Crippen LogP contribution in [0.15, 0.2) is 91.6 Å². The molecule has 2 aliphatic heterocycles. The number of nitrogens with zero attached hydrogens (tertiary/aromatic N) is 4. The molecule has 0 bridgehead atoms. The summed E-state index contributed by atoms with van der Waals surface area (Å²) in [5, 5.41) is 6.88. The number of ketones is 1. The Kier molecular flexibility index (Phi) is 9.73. The van der Waals surface area contributed by atoms with Crippen molar-refractivity contribution in [2.45, 2.75) is 44.6 Å². The number of amides is 4. The fourth-order valence-electron chi connectivity index (χ4n) is 7.07. The molecule has 2 atom stereocenters. The first-order valence-corrected chi connectivity index (χ1v) is 18.6. The van der Waals surface area contributed by atoms with Crippen LogP contribution in [0.25, 0.3) is 10.9 Å². The van der Waals surface area contributed by atoms with Gasteiger partial charge in [-0.2, -0.15) is 0 Å². The lowest BCUT2D eigenvalue weighted by molar-refractivity contribution is -0.189. The van der Waals surface area contributed by atoms with Crippen LogP contribution in [0, 0.1) is 5.92 Å². The number of hydrogen-bond acceptors (Lipinski definition) is 7. The summed E-state index contributed by atoms with van der Waals surface area (Å²) in [6.07, 6.45) is 4.26. The van der Waals surface area contributed by atoms with Gasteiger partial charge in [0, 0.05) is 49.1 Å². The van der Waals surface area contributed by atoms with E-state index < -0.39 is 26.1 Å². The van der Waals surface area contributed by atoms with Crippen LogP contribution >= 0.6 is 7.82 Å². The molecule has 1 saturated carbocycles. The summed E-state index contributed by atoms with van der Waals surface area (Å²) < 4.78 is 16.1. The molecule has 7 rings (SSSR count). The Balaban J connectivity index is 1.23. The van der Waals surface area contributed by atoms with Crippen molar-refractivity contribution in [3.63, 3.8) is 0 Å². The van der Waals surface area contributed by atoms with Gasteiger partial charge >= 0.3 is 13.9 Å². The normalized spacial score (nSPS) is 19.5. The van der Waals surface area contributed by atoms with Crippen molar-refractivity contribution in [1.82, 2.24) is 30.1 Å². The molecule has 3 heterocycles. The van der Waals surface area contributed by atoms with E-state index in [9.17, 15) is 33.5 Å². The standard InChI is InChI=1S/C37H39N6O8P/c1-2-17-41-23-33(44)42-31(18-24-11-15-28(16-12-24)51-52(48,49)50)36(46)40(22-32(42)43(41)37(47)39-19-25-7-4-3-5-8-25)21-27-9-6-10-29-30(20-38-34(27)29)35(45)26-13-14-26/h2-12,15-16,20,26,31-32,38H,1,13-14,17-19,21-23H2,(H,39,47)(H2,48,49,50)/t31-,32-/m0/s1. The first-order chi connectivity index (χ1) is 25.0. The van der Waals surface area contributed by atoms with Gasteiger partial charge in [-0.3, -0.25) is 24.2 Å². The smallest absolute Gasteiger partial charge is 0.404 e. The third-order valence-electron chi connectivity index (χ3n) is 9.62. The number of H-pyrrole nitrogens is 1. The molecule has 0 unspecified atom stereocenters.